The number of anilines is 1. The maximum absolute atomic E-state index is 11.9. The van der Waals surface area contributed by atoms with E-state index in [1.165, 1.54) is 11.2 Å². The molecule has 0 fully saturated rings. The average Bonchev–Trinajstić information content (AvgIpc) is 2.78. The van der Waals surface area contributed by atoms with Crippen molar-refractivity contribution >= 4 is 27.6 Å². The van der Waals surface area contributed by atoms with Gasteiger partial charge in [-0.2, -0.15) is 0 Å². The van der Waals surface area contributed by atoms with E-state index >= 15 is 0 Å². The first-order valence-corrected chi connectivity index (χ1v) is 6.25. The molecular formula is C11H12BrN5O2. The average molecular weight is 326 g/mol. The van der Waals surface area contributed by atoms with Gasteiger partial charge in [0, 0.05) is 19.4 Å². The molecule has 0 aromatic carbocycles. The fourth-order valence-electron chi connectivity index (χ4n) is 1.33. The van der Waals surface area contributed by atoms with Gasteiger partial charge in [0.25, 0.3) is 0 Å². The second-order valence-electron chi connectivity index (χ2n) is 3.92. The Bertz CT molecular complexity index is 569. The molecule has 2 amide bonds. The van der Waals surface area contributed by atoms with E-state index in [2.05, 4.69) is 36.4 Å². The van der Waals surface area contributed by atoms with Gasteiger partial charge < -0.3 is 14.7 Å². The van der Waals surface area contributed by atoms with Gasteiger partial charge >= 0.3 is 6.03 Å². The Kier molecular flexibility index (Phi) is 4.10. The zero-order valence-corrected chi connectivity index (χ0v) is 12.0. The summed E-state index contributed by atoms with van der Waals surface area (Å²) < 4.78 is 5.54. The zero-order valence-electron chi connectivity index (χ0n) is 10.4. The lowest BCUT2D eigenvalue weighted by Crippen LogP contribution is -2.31. The number of nitrogens with zero attached hydrogens (tertiary/aromatic N) is 4. The molecule has 2 aromatic rings. The fourth-order valence-corrected chi connectivity index (χ4v) is 1.53. The Morgan fingerprint density at radius 3 is 2.74 bits per heavy atom. The summed E-state index contributed by atoms with van der Waals surface area (Å²) in [4.78, 5) is 21.6. The van der Waals surface area contributed by atoms with E-state index in [0.29, 0.717) is 23.8 Å². The number of urea groups is 1. The van der Waals surface area contributed by atoms with E-state index in [1.807, 2.05) is 0 Å². The lowest BCUT2D eigenvalue weighted by atomic mass is 10.4. The van der Waals surface area contributed by atoms with Gasteiger partial charge in [-0.05, 0) is 22.9 Å². The lowest BCUT2D eigenvalue weighted by Gasteiger charge is -2.16. The molecular weight excluding hydrogens is 314 g/mol. The quantitative estimate of drug-likeness (QED) is 0.935. The molecule has 7 nitrogen and oxygen atoms in total. The molecule has 0 saturated carbocycles. The normalized spacial score (nSPS) is 10.3. The van der Waals surface area contributed by atoms with Crippen LogP contribution in [0.2, 0.25) is 0 Å². The number of rotatable bonds is 3. The summed E-state index contributed by atoms with van der Waals surface area (Å²) in [7, 11) is 1.66. The van der Waals surface area contributed by atoms with Crippen molar-refractivity contribution in [2.75, 3.05) is 12.4 Å². The molecule has 2 heterocycles. The Labute approximate surface area is 118 Å². The molecule has 0 aliphatic heterocycles. The highest BCUT2D eigenvalue weighted by atomic mass is 79.9. The lowest BCUT2D eigenvalue weighted by molar-refractivity contribution is 0.219. The highest BCUT2D eigenvalue weighted by molar-refractivity contribution is 9.10. The summed E-state index contributed by atoms with van der Waals surface area (Å²) in [6.07, 6.45) is 4.66. The molecule has 0 aliphatic carbocycles. The Balaban J connectivity index is 1.96. The van der Waals surface area contributed by atoms with E-state index in [4.69, 9.17) is 4.52 Å². The van der Waals surface area contributed by atoms with Crippen LogP contribution in [0, 0.1) is 6.92 Å². The summed E-state index contributed by atoms with van der Waals surface area (Å²) >= 11 is 3.25. The van der Waals surface area contributed by atoms with Crippen molar-refractivity contribution < 1.29 is 9.32 Å². The topological polar surface area (TPSA) is 84.2 Å². The van der Waals surface area contributed by atoms with Gasteiger partial charge in [-0.1, -0.05) is 5.16 Å². The van der Waals surface area contributed by atoms with Crippen LogP contribution in [0.4, 0.5) is 10.5 Å². The minimum absolute atomic E-state index is 0.280. The van der Waals surface area contributed by atoms with Crippen LogP contribution in [-0.4, -0.2) is 33.1 Å². The monoisotopic (exact) mass is 325 g/mol. The summed E-state index contributed by atoms with van der Waals surface area (Å²) in [6, 6.07) is -0.280. The standard InChI is InChI=1S/C11H12BrN5O2/c1-7-9(6-19-16-7)15-11(18)17(2)5-10-13-3-8(12)4-14-10/h3-4,6H,5H2,1-2H3,(H,15,18). The third-order valence-corrected chi connectivity index (χ3v) is 2.80. The molecule has 0 radical (unpaired) electrons. The number of carbonyl (C=O) groups is 1. The largest absolute Gasteiger partial charge is 0.362 e. The van der Waals surface area contributed by atoms with E-state index in [0.717, 1.165) is 4.47 Å². The molecule has 0 unspecified atom stereocenters. The van der Waals surface area contributed by atoms with Gasteiger partial charge in [0.2, 0.25) is 0 Å². The van der Waals surface area contributed by atoms with Crippen LogP contribution >= 0.6 is 15.9 Å². The number of aromatic nitrogens is 3. The zero-order chi connectivity index (χ0) is 13.8. The second-order valence-corrected chi connectivity index (χ2v) is 4.83. The van der Waals surface area contributed by atoms with E-state index in [1.54, 1.807) is 26.4 Å². The Morgan fingerprint density at radius 1 is 1.47 bits per heavy atom. The van der Waals surface area contributed by atoms with Crippen LogP contribution < -0.4 is 5.32 Å². The summed E-state index contributed by atoms with van der Waals surface area (Å²) in [6.45, 7) is 2.06. The highest BCUT2D eigenvalue weighted by Crippen LogP contribution is 2.12. The van der Waals surface area contributed by atoms with Gasteiger partial charge in [0.1, 0.15) is 23.5 Å². The first kappa shape index (κ1) is 13.5. The van der Waals surface area contributed by atoms with E-state index < -0.39 is 0 Å². The third kappa shape index (κ3) is 3.50. The molecule has 2 rings (SSSR count). The van der Waals surface area contributed by atoms with Crippen LogP contribution in [0.1, 0.15) is 11.5 Å². The molecule has 19 heavy (non-hydrogen) atoms. The first-order chi connectivity index (χ1) is 9.06. The van der Waals surface area contributed by atoms with Gasteiger partial charge in [-0.3, -0.25) is 0 Å². The van der Waals surface area contributed by atoms with Gasteiger partial charge in [0.05, 0.1) is 11.0 Å². The third-order valence-electron chi connectivity index (χ3n) is 2.39. The van der Waals surface area contributed by atoms with Crippen molar-refractivity contribution in [3.05, 3.63) is 34.6 Å². The van der Waals surface area contributed by atoms with Crippen molar-refractivity contribution in [2.45, 2.75) is 13.5 Å². The molecule has 0 atom stereocenters. The predicted octanol–water partition coefficient (Wildman–Crippen LogP) is 2.20. The molecule has 0 saturated heterocycles. The van der Waals surface area contributed by atoms with Gasteiger partial charge in [-0.15, -0.1) is 0 Å². The van der Waals surface area contributed by atoms with Crippen molar-refractivity contribution in [3.63, 3.8) is 0 Å². The molecule has 0 spiro atoms. The summed E-state index contributed by atoms with van der Waals surface area (Å²) in [5, 5.41) is 6.37. The van der Waals surface area contributed by atoms with E-state index in [-0.39, 0.29) is 6.03 Å². The van der Waals surface area contributed by atoms with Crippen molar-refractivity contribution in [2.24, 2.45) is 0 Å². The SMILES string of the molecule is Cc1nocc1NC(=O)N(C)Cc1ncc(Br)cn1. The number of nitrogens with one attached hydrogen (secondary N) is 1. The number of amides is 2. The maximum atomic E-state index is 11.9. The Morgan fingerprint density at radius 2 is 2.16 bits per heavy atom. The number of hydrogen-bond donors (Lipinski definition) is 1. The summed E-state index contributed by atoms with van der Waals surface area (Å²) in [5.41, 5.74) is 1.18. The smallest absolute Gasteiger partial charge is 0.322 e. The van der Waals surface area contributed by atoms with Crippen LogP contribution in [-0.2, 0) is 6.54 Å². The molecule has 0 aliphatic rings. The maximum Gasteiger partial charge on any atom is 0.322 e. The fraction of sp³-hybridized carbons (Fsp3) is 0.273. The van der Waals surface area contributed by atoms with Crippen LogP contribution in [0.25, 0.3) is 0 Å². The second kappa shape index (κ2) is 5.79. The number of aryl methyl sites for hydroxylation is 1. The number of halogens is 1. The molecule has 2 aromatic heterocycles. The predicted molar refractivity (Wildman–Crippen MR) is 71.5 cm³/mol. The molecule has 100 valence electrons. The van der Waals surface area contributed by atoms with Crippen molar-refractivity contribution in [1.82, 2.24) is 20.0 Å². The van der Waals surface area contributed by atoms with E-state index in [9.17, 15) is 4.79 Å². The van der Waals surface area contributed by atoms with Crippen LogP contribution in [0.15, 0.2) is 27.7 Å². The van der Waals surface area contributed by atoms with Gasteiger partial charge in [-0.25, -0.2) is 14.8 Å². The minimum atomic E-state index is -0.280. The van der Waals surface area contributed by atoms with Crippen LogP contribution in [0.3, 0.4) is 0 Å². The number of hydrogen-bond acceptors (Lipinski definition) is 5. The minimum Gasteiger partial charge on any atom is -0.362 e. The first-order valence-electron chi connectivity index (χ1n) is 5.46. The van der Waals surface area contributed by atoms with Crippen LogP contribution in [0.5, 0.6) is 0 Å². The summed E-state index contributed by atoms with van der Waals surface area (Å²) in [5.74, 6) is 0.558. The molecule has 1 N–H and O–H groups in total. The molecule has 0 bridgehead atoms. The van der Waals surface area contributed by atoms with Crippen molar-refractivity contribution in [3.8, 4) is 0 Å². The Hall–Kier alpha value is -1.96. The number of carbonyl (C=O) groups excluding carboxylic acids is 1. The van der Waals surface area contributed by atoms with Gasteiger partial charge in [0.15, 0.2) is 0 Å². The molecule has 8 heteroatoms. The highest BCUT2D eigenvalue weighted by Gasteiger charge is 2.13. The van der Waals surface area contributed by atoms with Crippen molar-refractivity contribution in [1.29, 1.82) is 0 Å².